The smallest absolute Gasteiger partial charge is 0.277 e. The van der Waals surface area contributed by atoms with Crippen LogP contribution in [0, 0.1) is 0 Å². The minimum Gasteiger partial charge on any atom is -0.493 e. The summed E-state index contributed by atoms with van der Waals surface area (Å²) >= 11 is 0. The Morgan fingerprint density at radius 3 is 2.92 bits per heavy atom. The highest BCUT2D eigenvalue weighted by Crippen LogP contribution is 2.31. The molecule has 2 atom stereocenters. The lowest BCUT2D eigenvalue weighted by Crippen LogP contribution is -2.31. The van der Waals surface area contributed by atoms with Gasteiger partial charge in [-0.2, -0.15) is 5.10 Å². The van der Waals surface area contributed by atoms with Crippen molar-refractivity contribution in [2.75, 3.05) is 26.6 Å². The van der Waals surface area contributed by atoms with Crippen LogP contribution in [0.2, 0.25) is 0 Å². The van der Waals surface area contributed by atoms with Gasteiger partial charge >= 0.3 is 0 Å². The van der Waals surface area contributed by atoms with Gasteiger partial charge in [-0.15, -0.1) is 0 Å². The summed E-state index contributed by atoms with van der Waals surface area (Å²) in [5.41, 5.74) is -0.725. The third kappa shape index (κ3) is 5.47. The van der Waals surface area contributed by atoms with E-state index in [2.05, 4.69) is 15.1 Å². The van der Waals surface area contributed by atoms with E-state index < -0.39 is 53.4 Å². The normalized spacial score (nSPS) is 22.4. The van der Waals surface area contributed by atoms with E-state index in [0.29, 0.717) is 30.4 Å². The standard InChI is InChI=1S/C25H36N6O4S/c1-5-8-20-22-23(31(4)29-20)25(32)28-24(27-22)19-16-18(10-11-21(19)35-15-6-2)36(33,34)26-13-12-17-9-7-14-30(17)3/h10-11,16-17,26H,5-9,12-15H2,1-4H3,(H,27,28,32)/i3D3,4D3,12D2,13D. The molecule has 3 heterocycles. The van der Waals surface area contributed by atoms with Crippen LogP contribution in [-0.4, -0.2) is 65.8 Å². The molecule has 1 aromatic carbocycles. The lowest BCUT2D eigenvalue weighted by atomic mass is 10.1. The van der Waals surface area contributed by atoms with E-state index in [1.165, 1.54) is 12.1 Å². The van der Waals surface area contributed by atoms with Crippen LogP contribution in [0.15, 0.2) is 27.9 Å². The van der Waals surface area contributed by atoms with Crippen LogP contribution < -0.4 is 15.0 Å². The molecule has 0 radical (unpaired) electrons. The highest BCUT2D eigenvalue weighted by atomic mass is 32.2. The molecule has 0 aliphatic carbocycles. The van der Waals surface area contributed by atoms with E-state index in [0.717, 1.165) is 11.0 Å². The van der Waals surface area contributed by atoms with Crippen molar-refractivity contribution in [1.82, 2.24) is 29.4 Å². The first-order valence-electron chi connectivity index (χ1n) is 16.4. The molecular weight excluding hydrogens is 480 g/mol. The van der Waals surface area contributed by atoms with Gasteiger partial charge in [0.2, 0.25) is 10.0 Å². The Morgan fingerprint density at radius 2 is 2.17 bits per heavy atom. The largest absolute Gasteiger partial charge is 0.493 e. The first-order chi connectivity index (χ1) is 20.8. The number of sulfonamides is 1. The SMILES string of the molecule is [2H]C(NS(=O)(=O)c1ccc(OCCC)c(-c2nc3c(CCC)nn(C([2H])([2H])[2H])c3c(=O)[nH]2)c1)C([2H])([2H])C1CCCN1C([2H])([2H])[2H]. The Balaban J connectivity index is 1.78. The lowest BCUT2D eigenvalue weighted by Gasteiger charge is -2.19. The monoisotopic (exact) mass is 525 g/mol. The minimum absolute atomic E-state index is 0.0364. The molecule has 36 heavy (non-hydrogen) atoms. The number of hydrogen-bond donors (Lipinski definition) is 2. The van der Waals surface area contributed by atoms with Crippen LogP contribution >= 0.6 is 0 Å². The van der Waals surface area contributed by atoms with Crippen molar-refractivity contribution < 1.29 is 25.5 Å². The van der Waals surface area contributed by atoms with E-state index in [1.807, 2.05) is 18.6 Å². The molecule has 2 aromatic heterocycles. The quantitative estimate of drug-likeness (QED) is 0.395. The van der Waals surface area contributed by atoms with Crippen molar-refractivity contribution in [1.29, 1.82) is 0 Å². The summed E-state index contributed by atoms with van der Waals surface area (Å²) in [5.74, 6) is 0.0470. The molecule has 0 amide bonds. The summed E-state index contributed by atoms with van der Waals surface area (Å²) in [7, 11) is -4.58. The summed E-state index contributed by atoms with van der Waals surface area (Å²) < 4.78 is 107. The van der Waals surface area contributed by atoms with Crippen molar-refractivity contribution >= 4 is 21.1 Å². The fourth-order valence-corrected chi connectivity index (χ4v) is 4.91. The van der Waals surface area contributed by atoms with Crippen LogP contribution in [0.1, 0.15) is 63.9 Å². The Bertz CT molecular complexity index is 1710. The zero-order valence-electron chi connectivity index (χ0n) is 29.2. The summed E-state index contributed by atoms with van der Waals surface area (Å²) in [4.78, 5) is 20.8. The number of likely N-dealkylation sites (tertiary alicyclic amines) is 1. The predicted molar refractivity (Wildman–Crippen MR) is 140 cm³/mol. The van der Waals surface area contributed by atoms with E-state index in [9.17, 15) is 13.2 Å². The number of fused-ring (bicyclic) bond motifs is 1. The van der Waals surface area contributed by atoms with Crippen LogP contribution in [0.3, 0.4) is 0 Å². The summed E-state index contributed by atoms with van der Waals surface area (Å²) in [6.07, 6.45) is -0.559. The molecule has 0 spiro atoms. The van der Waals surface area contributed by atoms with Crippen molar-refractivity contribution in [3.05, 3.63) is 34.2 Å². The van der Waals surface area contributed by atoms with Gasteiger partial charge in [-0.3, -0.25) is 9.48 Å². The molecule has 4 rings (SSSR count). The molecule has 1 aliphatic rings. The average molecular weight is 526 g/mol. The molecule has 3 aromatic rings. The maximum atomic E-state index is 13.5. The topological polar surface area (TPSA) is 122 Å². The Hall–Kier alpha value is -2.76. The number of H-pyrrole nitrogens is 1. The molecular formula is C25H36N6O4S. The third-order valence-electron chi connectivity index (χ3n) is 5.81. The van der Waals surface area contributed by atoms with E-state index in [4.69, 9.17) is 17.1 Å². The number of ether oxygens (including phenoxy) is 1. The molecule has 0 bridgehead atoms. The second kappa shape index (κ2) is 11.1. The Kier molecular flexibility index (Phi) is 5.21. The van der Waals surface area contributed by atoms with E-state index >= 15 is 0 Å². The highest BCUT2D eigenvalue weighted by Gasteiger charge is 2.23. The summed E-state index contributed by atoms with van der Waals surface area (Å²) in [5, 5.41) is 4.12. The molecule has 0 saturated carbocycles. The van der Waals surface area contributed by atoms with Gasteiger partial charge in [0.1, 0.15) is 17.1 Å². The predicted octanol–water partition coefficient (Wildman–Crippen LogP) is 2.83. The van der Waals surface area contributed by atoms with Gasteiger partial charge in [0.05, 0.1) is 22.8 Å². The van der Waals surface area contributed by atoms with Crippen molar-refractivity contribution in [2.24, 2.45) is 6.98 Å². The molecule has 196 valence electrons. The molecule has 2 N–H and O–H groups in total. The van der Waals surface area contributed by atoms with Crippen molar-refractivity contribution in [3.8, 4) is 17.1 Å². The molecule has 1 fully saturated rings. The zero-order valence-corrected chi connectivity index (χ0v) is 21.0. The maximum absolute atomic E-state index is 13.5. The second-order valence-corrected chi connectivity index (χ2v) is 10.2. The van der Waals surface area contributed by atoms with Gasteiger partial charge in [-0.25, -0.2) is 18.1 Å². The summed E-state index contributed by atoms with van der Waals surface area (Å²) in [6.45, 7) is -3.41. The number of aromatic amines is 1. The van der Waals surface area contributed by atoms with Crippen LogP contribution in [0.25, 0.3) is 22.4 Å². The molecule has 11 heteroatoms. The number of benzene rings is 1. The lowest BCUT2D eigenvalue weighted by molar-refractivity contribution is 0.297. The number of nitrogens with zero attached hydrogens (tertiary/aromatic N) is 4. The Morgan fingerprint density at radius 1 is 1.31 bits per heavy atom. The summed E-state index contributed by atoms with van der Waals surface area (Å²) in [6, 6.07) is 2.46. The first kappa shape index (κ1) is 16.9. The van der Waals surface area contributed by atoms with Gasteiger partial charge in [0, 0.05) is 31.9 Å². The maximum Gasteiger partial charge on any atom is 0.277 e. The number of aryl methyl sites for hydroxylation is 2. The molecule has 2 unspecified atom stereocenters. The van der Waals surface area contributed by atoms with Crippen LogP contribution in [0.5, 0.6) is 5.75 Å². The zero-order chi connectivity index (χ0) is 33.5. The van der Waals surface area contributed by atoms with E-state index in [1.54, 1.807) is 0 Å². The average Bonchev–Trinajstić information content (AvgIpc) is 3.58. The first-order valence-corrected chi connectivity index (χ1v) is 13.3. The molecule has 1 aliphatic heterocycles. The van der Waals surface area contributed by atoms with Crippen molar-refractivity contribution in [3.63, 3.8) is 0 Å². The number of nitrogens with one attached hydrogen (secondary N) is 2. The van der Waals surface area contributed by atoms with Gasteiger partial charge in [0.25, 0.3) is 5.56 Å². The minimum atomic E-state index is -4.58. The third-order valence-corrected chi connectivity index (χ3v) is 7.11. The number of rotatable bonds is 11. The Labute approximate surface area is 224 Å². The second-order valence-electron chi connectivity index (χ2n) is 8.51. The highest BCUT2D eigenvalue weighted by molar-refractivity contribution is 7.89. The fraction of sp³-hybridized carbons (Fsp3) is 0.560. The fourth-order valence-electron chi connectivity index (χ4n) is 4.03. The van der Waals surface area contributed by atoms with Gasteiger partial charge < -0.3 is 14.6 Å². The van der Waals surface area contributed by atoms with Crippen LogP contribution in [0.4, 0.5) is 0 Å². The van der Waals surface area contributed by atoms with E-state index in [-0.39, 0.29) is 53.4 Å². The van der Waals surface area contributed by atoms with Gasteiger partial charge in [-0.1, -0.05) is 20.3 Å². The van der Waals surface area contributed by atoms with Crippen LogP contribution in [-0.2, 0) is 23.4 Å². The van der Waals surface area contributed by atoms with Gasteiger partial charge in [0.15, 0.2) is 5.52 Å². The number of hydrogen-bond acceptors (Lipinski definition) is 7. The molecule has 10 nitrogen and oxygen atoms in total. The molecule has 1 saturated heterocycles. The number of aromatic nitrogens is 4. The van der Waals surface area contributed by atoms with Crippen molar-refractivity contribution in [2.45, 2.75) is 63.3 Å². The van der Waals surface area contributed by atoms with Gasteiger partial charge in [-0.05, 0) is 63.8 Å².